The minimum absolute atomic E-state index is 0.0986. The van der Waals surface area contributed by atoms with E-state index in [4.69, 9.17) is 17.0 Å². The lowest BCUT2D eigenvalue weighted by atomic mass is 10.1. The van der Waals surface area contributed by atoms with Crippen LogP contribution in [0.4, 0.5) is 11.4 Å². The number of hydrogen-bond donors (Lipinski definition) is 3. The molecule has 8 heteroatoms. The molecule has 3 N–H and O–H groups in total. The SMILES string of the molecule is Cc1cccc(NC(=O)c2cccc(NC(=S)NC(=O)c3cc(Br)ccc3OCCc3ccccc3)c2)c1. The van der Waals surface area contributed by atoms with E-state index in [0.717, 1.165) is 15.6 Å². The van der Waals surface area contributed by atoms with E-state index in [1.165, 1.54) is 0 Å². The zero-order chi connectivity index (χ0) is 26.9. The minimum atomic E-state index is -0.410. The molecule has 4 rings (SSSR count). The molecule has 0 radical (unpaired) electrons. The van der Waals surface area contributed by atoms with Crippen LogP contribution in [0.1, 0.15) is 31.8 Å². The van der Waals surface area contributed by atoms with Gasteiger partial charge in [0, 0.05) is 27.8 Å². The monoisotopic (exact) mass is 587 g/mol. The molecule has 4 aromatic carbocycles. The highest BCUT2D eigenvalue weighted by Crippen LogP contribution is 2.24. The maximum Gasteiger partial charge on any atom is 0.261 e. The van der Waals surface area contributed by atoms with Crippen LogP contribution >= 0.6 is 28.1 Å². The molecule has 0 unspecified atom stereocenters. The Morgan fingerprint density at radius 2 is 1.55 bits per heavy atom. The number of carbonyl (C=O) groups is 2. The molecule has 6 nitrogen and oxygen atoms in total. The van der Waals surface area contributed by atoms with Gasteiger partial charge in [0.2, 0.25) is 0 Å². The van der Waals surface area contributed by atoms with Gasteiger partial charge in [0.1, 0.15) is 5.75 Å². The summed E-state index contributed by atoms with van der Waals surface area (Å²) >= 11 is 8.79. The number of nitrogens with one attached hydrogen (secondary N) is 3. The molecule has 2 amide bonds. The lowest BCUT2D eigenvalue weighted by molar-refractivity contribution is 0.0972. The molecule has 0 aromatic heterocycles. The predicted octanol–water partition coefficient (Wildman–Crippen LogP) is 6.76. The second-order valence-electron chi connectivity index (χ2n) is 8.54. The van der Waals surface area contributed by atoms with Gasteiger partial charge in [0.15, 0.2) is 5.11 Å². The van der Waals surface area contributed by atoms with E-state index in [9.17, 15) is 9.59 Å². The highest BCUT2D eigenvalue weighted by atomic mass is 79.9. The fraction of sp³-hybridized carbons (Fsp3) is 0.100. The Balaban J connectivity index is 1.37. The number of rotatable bonds is 8. The summed E-state index contributed by atoms with van der Waals surface area (Å²) in [5, 5.41) is 8.65. The van der Waals surface area contributed by atoms with E-state index in [1.54, 1.807) is 36.4 Å². The third kappa shape index (κ3) is 7.74. The highest BCUT2D eigenvalue weighted by Gasteiger charge is 2.16. The van der Waals surface area contributed by atoms with Crippen molar-refractivity contribution in [2.45, 2.75) is 13.3 Å². The molecular formula is C30H26BrN3O3S. The first-order valence-electron chi connectivity index (χ1n) is 11.9. The number of halogens is 1. The molecule has 4 aromatic rings. The Morgan fingerprint density at radius 1 is 0.816 bits per heavy atom. The summed E-state index contributed by atoms with van der Waals surface area (Å²) in [7, 11) is 0. The van der Waals surface area contributed by atoms with Crippen LogP contribution in [0.25, 0.3) is 0 Å². The van der Waals surface area contributed by atoms with Crippen LogP contribution in [-0.2, 0) is 6.42 Å². The number of carbonyl (C=O) groups excluding carboxylic acids is 2. The molecular weight excluding hydrogens is 562 g/mol. The van der Waals surface area contributed by atoms with Crippen LogP contribution in [0.2, 0.25) is 0 Å². The van der Waals surface area contributed by atoms with Crippen molar-refractivity contribution >= 4 is 56.4 Å². The average molecular weight is 589 g/mol. The smallest absolute Gasteiger partial charge is 0.261 e. The van der Waals surface area contributed by atoms with Gasteiger partial charge in [-0.25, -0.2) is 0 Å². The minimum Gasteiger partial charge on any atom is -0.492 e. The van der Waals surface area contributed by atoms with Crippen LogP contribution in [-0.4, -0.2) is 23.5 Å². The van der Waals surface area contributed by atoms with Gasteiger partial charge in [-0.1, -0.05) is 64.5 Å². The number of anilines is 2. The number of aryl methyl sites for hydroxylation is 1. The Hall–Kier alpha value is -4.01. The Morgan fingerprint density at radius 3 is 2.32 bits per heavy atom. The van der Waals surface area contributed by atoms with E-state index in [0.29, 0.717) is 41.3 Å². The van der Waals surface area contributed by atoms with Crippen molar-refractivity contribution in [2.75, 3.05) is 17.2 Å². The quantitative estimate of drug-likeness (QED) is 0.198. The summed E-state index contributed by atoms with van der Waals surface area (Å²) in [6.07, 6.45) is 0.714. The zero-order valence-electron chi connectivity index (χ0n) is 20.7. The van der Waals surface area contributed by atoms with Crippen molar-refractivity contribution in [3.8, 4) is 5.75 Å². The summed E-state index contributed by atoms with van der Waals surface area (Å²) in [6.45, 7) is 2.38. The van der Waals surface area contributed by atoms with Crippen LogP contribution in [0.3, 0.4) is 0 Å². The number of amides is 2. The van der Waals surface area contributed by atoms with Crippen LogP contribution in [0.15, 0.2) is 102 Å². The van der Waals surface area contributed by atoms with Crippen molar-refractivity contribution in [3.05, 3.63) is 124 Å². The van der Waals surface area contributed by atoms with Crippen molar-refractivity contribution in [3.63, 3.8) is 0 Å². The molecule has 0 aliphatic carbocycles. The summed E-state index contributed by atoms with van der Waals surface area (Å²) in [4.78, 5) is 25.8. The number of thiocarbonyl (C=S) groups is 1. The van der Waals surface area contributed by atoms with E-state index < -0.39 is 5.91 Å². The van der Waals surface area contributed by atoms with Crippen LogP contribution in [0.5, 0.6) is 5.75 Å². The van der Waals surface area contributed by atoms with E-state index in [-0.39, 0.29) is 11.0 Å². The largest absolute Gasteiger partial charge is 0.492 e. The number of hydrogen-bond acceptors (Lipinski definition) is 4. The third-order valence-corrected chi connectivity index (χ3v) is 6.26. The van der Waals surface area contributed by atoms with Crippen LogP contribution in [0, 0.1) is 6.92 Å². The summed E-state index contributed by atoms with van der Waals surface area (Å²) in [6, 6.07) is 29.7. The molecule has 0 aliphatic heterocycles. The van der Waals surface area contributed by atoms with Crippen molar-refractivity contribution in [1.29, 1.82) is 0 Å². The van der Waals surface area contributed by atoms with Gasteiger partial charge in [-0.2, -0.15) is 0 Å². The number of ether oxygens (including phenoxy) is 1. The Bertz CT molecular complexity index is 1460. The van der Waals surface area contributed by atoms with E-state index in [2.05, 4.69) is 31.9 Å². The topological polar surface area (TPSA) is 79.5 Å². The van der Waals surface area contributed by atoms with Gasteiger partial charge in [0.05, 0.1) is 12.2 Å². The lowest BCUT2D eigenvalue weighted by Crippen LogP contribution is -2.34. The zero-order valence-corrected chi connectivity index (χ0v) is 23.1. The molecule has 0 heterocycles. The fourth-order valence-corrected chi connectivity index (χ4v) is 4.30. The molecule has 0 saturated carbocycles. The molecule has 0 spiro atoms. The standard InChI is InChI=1S/C30H26BrN3O3S/c1-20-7-5-11-24(17-20)32-28(35)22-10-6-12-25(18-22)33-30(38)34-29(36)26-19-23(31)13-14-27(26)37-16-15-21-8-3-2-4-9-21/h2-14,17-19H,15-16H2,1H3,(H,32,35)(H2,33,34,36,38). The van der Waals surface area contributed by atoms with Crippen molar-refractivity contribution in [2.24, 2.45) is 0 Å². The molecule has 38 heavy (non-hydrogen) atoms. The van der Waals surface area contributed by atoms with Gasteiger partial charge in [-0.3, -0.25) is 14.9 Å². The van der Waals surface area contributed by atoms with Crippen molar-refractivity contribution in [1.82, 2.24) is 5.32 Å². The third-order valence-electron chi connectivity index (χ3n) is 5.56. The Kier molecular flexibility index (Phi) is 9.24. The molecule has 192 valence electrons. The lowest BCUT2D eigenvalue weighted by Gasteiger charge is -2.14. The molecule has 0 aliphatic rings. The maximum absolute atomic E-state index is 13.1. The van der Waals surface area contributed by atoms with Gasteiger partial charge >= 0.3 is 0 Å². The van der Waals surface area contributed by atoms with Crippen molar-refractivity contribution < 1.29 is 14.3 Å². The van der Waals surface area contributed by atoms with E-state index >= 15 is 0 Å². The molecule has 0 fully saturated rings. The molecule has 0 bridgehead atoms. The summed E-state index contributed by atoms with van der Waals surface area (Å²) < 4.78 is 6.67. The van der Waals surface area contributed by atoms with Gasteiger partial charge in [-0.05, 0) is 78.8 Å². The second kappa shape index (κ2) is 13.0. The molecule has 0 atom stereocenters. The normalized spacial score (nSPS) is 10.4. The first-order chi connectivity index (χ1) is 18.4. The highest BCUT2D eigenvalue weighted by molar-refractivity contribution is 9.10. The summed E-state index contributed by atoms with van der Waals surface area (Å²) in [5.74, 6) is -0.202. The maximum atomic E-state index is 13.1. The van der Waals surface area contributed by atoms with Crippen LogP contribution < -0.4 is 20.7 Å². The summed E-state index contributed by atoms with van der Waals surface area (Å²) in [5.41, 5.74) is 4.28. The Labute approximate surface area is 235 Å². The predicted molar refractivity (Wildman–Crippen MR) is 159 cm³/mol. The van der Waals surface area contributed by atoms with Gasteiger partial charge in [-0.15, -0.1) is 0 Å². The van der Waals surface area contributed by atoms with Gasteiger partial charge in [0.25, 0.3) is 11.8 Å². The number of benzene rings is 4. The first-order valence-corrected chi connectivity index (χ1v) is 13.1. The first kappa shape index (κ1) is 27.0. The van der Waals surface area contributed by atoms with Gasteiger partial charge < -0.3 is 15.4 Å². The second-order valence-corrected chi connectivity index (χ2v) is 9.86. The van der Waals surface area contributed by atoms with E-state index in [1.807, 2.05) is 67.6 Å². The average Bonchev–Trinajstić information content (AvgIpc) is 2.90. The fourth-order valence-electron chi connectivity index (χ4n) is 3.73. The molecule has 0 saturated heterocycles.